The Morgan fingerprint density at radius 2 is 1.92 bits per heavy atom. The van der Waals surface area contributed by atoms with E-state index < -0.39 is 12.2 Å². The van der Waals surface area contributed by atoms with Gasteiger partial charge in [0, 0.05) is 13.0 Å². The van der Waals surface area contributed by atoms with Crippen molar-refractivity contribution in [3.05, 3.63) is 47.5 Å². The molecule has 1 heterocycles. The van der Waals surface area contributed by atoms with E-state index in [1.165, 1.54) is 6.07 Å². The molecule has 1 aliphatic heterocycles. The molecule has 3 rings (SSSR count). The van der Waals surface area contributed by atoms with Crippen molar-refractivity contribution in [2.45, 2.75) is 44.8 Å². The number of aryl methyl sites for hydroxylation is 1. The van der Waals surface area contributed by atoms with Crippen LogP contribution in [0.2, 0.25) is 0 Å². The summed E-state index contributed by atoms with van der Waals surface area (Å²) in [6.45, 7) is 2.11. The van der Waals surface area contributed by atoms with Crippen LogP contribution in [0.5, 0.6) is 0 Å². The maximum absolute atomic E-state index is 13.9. The fraction of sp³-hybridized carbons (Fsp3) is 0.421. The first-order valence-corrected chi connectivity index (χ1v) is 8.55. The van der Waals surface area contributed by atoms with E-state index in [0.717, 1.165) is 35.2 Å². The first kappa shape index (κ1) is 17.7. The van der Waals surface area contributed by atoms with Crippen LogP contribution in [0.3, 0.4) is 0 Å². The molecule has 2 aromatic rings. The molecular weight excluding hydrogens is 329 g/mol. The molecule has 1 amide bonds. The van der Waals surface area contributed by atoms with Gasteiger partial charge in [-0.15, -0.1) is 0 Å². The minimum Gasteiger partial charge on any atom is -0.288 e. The number of nitrogens with zero attached hydrogens (tertiary/aromatic N) is 1. The van der Waals surface area contributed by atoms with Crippen LogP contribution in [0.25, 0.3) is 10.8 Å². The first-order valence-electron chi connectivity index (χ1n) is 8.55. The van der Waals surface area contributed by atoms with Gasteiger partial charge in [-0.25, -0.2) is 5.01 Å². The van der Waals surface area contributed by atoms with E-state index in [1.807, 2.05) is 24.3 Å². The second-order valence-corrected chi connectivity index (χ2v) is 6.39. The Morgan fingerprint density at radius 3 is 2.52 bits per heavy atom. The van der Waals surface area contributed by atoms with Crippen molar-refractivity contribution >= 4 is 16.7 Å². The molecule has 1 fully saturated rings. The molecule has 0 radical (unpaired) electrons. The molecule has 0 aromatic heterocycles. The number of fused-ring (bicyclic) bond motifs is 1. The number of carbonyl (C=O) groups is 1. The maximum Gasteiger partial charge on any atom is 0.409 e. The Hall–Kier alpha value is -2.08. The second kappa shape index (κ2) is 7.04. The number of carbonyl (C=O) groups excluding carboxylic acids is 1. The summed E-state index contributed by atoms with van der Waals surface area (Å²) in [5.41, 5.74) is 3.49. The van der Waals surface area contributed by atoms with Gasteiger partial charge in [0.1, 0.15) is 0 Å². The van der Waals surface area contributed by atoms with E-state index in [2.05, 4.69) is 12.3 Å². The number of benzene rings is 2. The summed E-state index contributed by atoms with van der Waals surface area (Å²) in [5, 5.41) is 2.47. The van der Waals surface area contributed by atoms with E-state index in [0.29, 0.717) is 5.39 Å². The minimum absolute atomic E-state index is 0.0521. The molecule has 0 saturated carbocycles. The molecule has 1 atom stereocenters. The van der Waals surface area contributed by atoms with E-state index in [-0.39, 0.29) is 24.4 Å². The molecular formula is C19H21F3N2O. The topological polar surface area (TPSA) is 32.3 Å². The molecule has 1 saturated heterocycles. The number of nitrogens with one attached hydrogen (secondary N) is 1. The van der Waals surface area contributed by atoms with Crippen LogP contribution in [0.15, 0.2) is 36.4 Å². The highest BCUT2D eigenvalue weighted by molar-refractivity contribution is 5.89. The summed E-state index contributed by atoms with van der Waals surface area (Å²) in [5.74, 6) is -0.374. The zero-order valence-electron chi connectivity index (χ0n) is 14.1. The molecule has 0 bridgehead atoms. The zero-order chi connectivity index (χ0) is 18.0. The third-order valence-corrected chi connectivity index (χ3v) is 4.59. The van der Waals surface area contributed by atoms with Gasteiger partial charge < -0.3 is 0 Å². The van der Waals surface area contributed by atoms with E-state index in [1.54, 1.807) is 6.07 Å². The number of hydrogen-bond acceptors (Lipinski definition) is 2. The Labute approximate surface area is 144 Å². The third kappa shape index (κ3) is 3.63. The standard InChI is InChI=1S/C19H21F3N2O/c1-2-3-6-13-7-4-8-14-9-5-10-15(17(13)14)18(19(20,21)22)24-12-11-16(25)23-24/h4-5,7-10,18H,2-3,6,11-12H2,1H3,(H,23,25). The number of unbranched alkanes of at least 4 members (excludes halogenated alkanes) is 1. The molecule has 0 spiro atoms. The van der Waals surface area contributed by atoms with Crippen LogP contribution in [-0.4, -0.2) is 23.6 Å². The third-order valence-electron chi connectivity index (χ3n) is 4.59. The Balaban J connectivity index is 2.15. The molecule has 2 aromatic carbocycles. The summed E-state index contributed by atoms with van der Waals surface area (Å²) in [6, 6.07) is 8.80. The quantitative estimate of drug-likeness (QED) is 0.860. The molecule has 0 aliphatic carbocycles. The average Bonchev–Trinajstić information content (AvgIpc) is 2.97. The van der Waals surface area contributed by atoms with Crippen LogP contribution >= 0.6 is 0 Å². The molecule has 1 unspecified atom stereocenters. The Kier molecular flexibility index (Phi) is 4.99. The van der Waals surface area contributed by atoms with Crippen molar-refractivity contribution in [1.82, 2.24) is 10.4 Å². The van der Waals surface area contributed by atoms with Crippen molar-refractivity contribution in [3.63, 3.8) is 0 Å². The largest absolute Gasteiger partial charge is 0.409 e. The van der Waals surface area contributed by atoms with Gasteiger partial charge in [0.05, 0.1) is 0 Å². The first-order chi connectivity index (χ1) is 11.9. The summed E-state index contributed by atoms with van der Waals surface area (Å²) >= 11 is 0. The van der Waals surface area contributed by atoms with Crippen LogP contribution in [0.4, 0.5) is 13.2 Å². The Bertz CT molecular complexity index is 768. The lowest BCUT2D eigenvalue weighted by atomic mass is 9.92. The van der Waals surface area contributed by atoms with Gasteiger partial charge in [0.2, 0.25) is 5.91 Å². The number of halogens is 3. The molecule has 134 valence electrons. The van der Waals surface area contributed by atoms with Gasteiger partial charge in [-0.1, -0.05) is 49.7 Å². The maximum atomic E-state index is 13.9. The lowest BCUT2D eigenvalue weighted by Crippen LogP contribution is -2.43. The molecule has 1 N–H and O–H groups in total. The highest BCUT2D eigenvalue weighted by Crippen LogP contribution is 2.41. The summed E-state index contributed by atoms with van der Waals surface area (Å²) in [4.78, 5) is 11.5. The molecule has 25 heavy (non-hydrogen) atoms. The van der Waals surface area contributed by atoms with Crippen LogP contribution in [0.1, 0.15) is 43.4 Å². The van der Waals surface area contributed by atoms with Crippen molar-refractivity contribution in [3.8, 4) is 0 Å². The van der Waals surface area contributed by atoms with E-state index in [4.69, 9.17) is 0 Å². The zero-order valence-corrected chi connectivity index (χ0v) is 14.1. The number of hydrogen-bond donors (Lipinski definition) is 1. The fourth-order valence-corrected chi connectivity index (χ4v) is 3.46. The number of rotatable bonds is 5. The smallest absolute Gasteiger partial charge is 0.288 e. The minimum atomic E-state index is -4.48. The molecule has 6 heteroatoms. The Morgan fingerprint density at radius 1 is 1.20 bits per heavy atom. The summed E-state index contributed by atoms with van der Waals surface area (Å²) in [7, 11) is 0. The van der Waals surface area contributed by atoms with Gasteiger partial charge in [0.15, 0.2) is 6.04 Å². The SMILES string of the molecule is CCCCc1cccc2cccc(C(N3CCC(=O)N3)C(F)(F)F)c12. The highest BCUT2D eigenvalue weighted by Gasteiger charge is 2.47. The normalized spacial score (nSPS) is 17.0. The lowest BCUT2D eigenvalue weighted by molar-refractivity contribution is -0.190. The predicted molar refractivity (Wildman–Crippen MR) is 90.8 cm³/mol. The highest BCUT2D eigenvalue weighted by atomic mass is 19.4. The van der Waals surface area contributed by atoms with E-state index in [9.17, 15) is 18.0 Å². The van der Waals surface area contributed by atoms with Crippen molar-refractivity contribution in [2.75, 3.05) is 6.54 Å². The fourth-order valence-electron chi connectivity index (χ4n) is 3.46. The van der Waals surface area contributed by atoms with Crippen molar-refractivity contribution < 1.29 is 18.0 Å². The van der Waals surface area contributed by atoms with Gasteiger partial charge >= 0.3 is 6.18 Å². The summed E-state index contributed by atoms with van der Waals surface area (Å²) < 4.78 is 41.7. The second-order valence-electron chi connectivity index (χ2n) is 6.39. The number of alkyl halides is 3. The van der Waals surface area contributed by atoms with Crippen LogP contribution in [-0.2, 0) is 11.2 Å². The molecule has 3 nitrogen and oxygen atoms in total. The molecule has 1 aliphatic rings. The monoisotopic (exact) mass is 350 g/mol. The lowest BCUT2D eigenvalue weighted by Gasteiger charge is -2.30. The van der Waals surface area contributed by atoms with Gasteiger partial charge in [-0.2, -0.15) is 13.2 Å². The van der Waals surface area contributed by atoms with Gasteiger partial charge in [0.25, 0.3) is 0 Å². The van der Waals surface area contributed by atoms with Crippen LogP contribution < -0.4 is 5.43 Å². The number of hydrazine groups is 1. The average molecular weight is 350 g/mol. The van der Waals surface area contributed by atoms with Crippen LogP contribution in [0, 0.1) is 0 Å². The van der Waals surface area contributed by atoms with Crippen molar-refractivity contribution in [1.29, 1.82) is 0 Å². The van der Waals surface area contributed by atoms with Crippen molar-refractivity contribution in [2.24, 2.45) is 0 Å². The predicted octanol–water partition coefficient (Wildman–Crippen LogP) is 4.52. The van der Waals surface area contributed by atoms with Gasteiger partial charge in [-0.05, 0) is 34.7 Å². The van der Waals surface area contributed by atoms with Gasteiger partial charge in [-0.3, -0.25) is 10.2 Å². The summed E-state index contributed by atoms with van der Waals surface area (Å²) in [6.07, 6.45) is -1.76. The number of amides is 1. The van der Waals surface area contributed by atoms with E-state index >= 15 is 0 Å².